The molecule has 0 spiro atoms. The molecule has 0 fully saturated rings. The second-order valence-electron chi connectivity index (χ2n) is 4.75. The molecule has 2 aromatic rings. The largest absolute Gasteiger partial charge is 0.491 e. The molecule has 0 aliphatic carbocycles. The highest BCUT2D eigenvalue weighted by Crippen LogP contribution is 2.34. The highest BCUT2D eigenvalue weighted by atomic mass is 16.5. The van der Waals surface area contributed by atoms with Gasteiger partial charge in [-0.2, -0.15) is 0 Å². The van der Waals surface area contributed by atoms with Gasteiger partial charge in [-0.05, 0) is 18.1 Å². The van der Waals surface area contributed by atoms with Crippen molar-refractivity contribution in [3.63, 3.8) is 0 Å². The Morgan fingerprint density at radius 3 is 2.30 bits per heavy atom. The van der Waals surface area contributed by atoms with Gasteiger partial charge in [0.1, 0.15) is 12.4 Å². The van der Waals surface area contributed by atoms with Crippen molar-refractivity contribution in [1.29, 1.82) is 0 Å². The van der Waals surface area contributed by atoms with Crippen molar-refractivity contribution < 1.29 is 9.47 Å². The van der Waals surface area contributed by atoms with Crippen molar-refractivity contribution in [2.24, 2.45) is 0 Å². The molecule has 0 radical (unpaired) electrons. The first-order valence-electron chi connectivity index (χ1n) is 7.12. The van der Waals surface area contributed by atoms with Crippen molar-refractivity contribution >= 4 is 0 Å². The van der Waals surface area contributed by atoms with Crippen LogP contribution >= 0.6 is 0 Å². The molecule has 2 heteroatoms. The lowest BCUT2D eigenvalue weighted by Crippen LogP contribution is -2.08. The van der Waals surface area contributed by atoms with E-state index >= 15 is 0 Å². The summed E-state index contributed by atoms with van der Waals surface area (Å²) < 4.78 is 10.9. The molecule has 2 rings (SSSR count). The summed E-state index contributed by atoms with van der Waals surface area (Å²) >= 11 is 0. The molecule has 20 heavy (non-hydrogen) atoms. The van der Waals surface area contributed by atoms with Gasteiger partial charge in [0, 0.05) is 18.6 Å². The molecule has 0 amide bonds. The van der Waals surface area contributed by atoms with Crippen LogP contribution in [0.15, 0.2) is 54.6 Å². The van der Waals surface area contributed by atoms with E-state index in [0.717, 1.165) is 12.2 Å². The minimum absolute atomic E-state index is 0.370. The molecule has 0 saturated heterocycles. The number of hydrogen-bond donors (Lipinski definition) is 0. The zero-order valence-corrected chi connectivity index (χ0v) is 12.2. The molecular formula is C18H22O2. The maximum atomic E-state index is 5.86. The van der Waals surface area contributed by atoms with Crippen LogP contribution in [0.4, 0.5) is 0 Å². The number of para-hydroxylation sites is 1. The number of rotatable bonds is 7. The van der Waals surface area contributed by atoms with E-state index in [0.29, 0.717) is 19.1 Å². The van der Waals surface area contributed by atoms with E-state index in [2.05, 4.69) is 49.4 Å². The molecule has 0 bridgehead atoms. The van der Waals surface area contributed by atoms with Crippen molar-refractivity contribution in [2.75, 3.05) is 20.3 Å². The van der Waals surface area contributed by atoms with E-state index in [9.17, 15) is 0 Å². The fraction of sp³-hybridized carbons (Fsp3) is 0.333. The molecule has 0 heterocycles. The lowest BCUT2D eigenvalue weighted by Gasteiger charge is -2.19. The summed E-state index contributed by atoms with van der Waals surface area (Å²) in [5.41, 5.74) is 2.58. The number of methoxy groups -OCH3 is 1. The van der Waals surface area contributed by atoms with Crippen LogP contribution in [-0.4, -0.2) is 20.3 Å². The molecule has 0 aromatic heterocycles. The SMILES string of the molecule is CC[C@H](c1ccccc1)c1ccccc1OCCOC. The molecular weight excluding hydrogens is 248 g/mol. The normalized spacial score (nSPS) is 12.1. The fourth-order valence-corrected chi connectivity index (χ4v) is 2.46. The molecule has 0 unspecified atom stereocenters. The molecule has 0 aliphatic heterocycles. The van der Waals surface area contributed by atoms with E-state index in [-0.39, 0.29) is 0 Å². The monoisotopic (exact) mass is 270 g/mol. The van der Waals surface area contributed by atoms with Crippen LogP contribution in [0.5, 0.6) is 5.75 Å². The molecule has 106 valence electrons. The third-order valence-corrected chi connectivity index (χ3v) is 3.45. The van der Waals surface area contributed by atoms with Gasteiger partial charge in [-0.15, -0.1) is 0 Å². The van der Waals surface area contributed by atoms with Gasteiger partial charge >= 0.3 is 0 Å². The van der Waals surface area contributed by atoms with Crippen LogP contribution in [-0.2, 0) is 4.74 Å². The van der Waals surface area contributed by atoms with Crippen molar-refractivity contribution in [1.82, 2.24) is 0 Å². The highest BCUT2D eigenvalue weighted by Gasteiger charge is 2.16. The Bertz CT molecular complexity index is 508. The molecule has 2 nitrogen and oxygen atoms in total. The molecule has 0 saturated carbocycles. The predicted molar refractivity (Wildman–Crippen MR) is 82.4 cm³/mol. The summed E-state index contributed by atoms with van der Waals surface area (Å²) in [6, 6.07) is 18.9. The van der Waals surface area contributed by atoms with Crippen LogP contribution in [0.3, 0.4) is 0 Å². The summed E-state index contributed by atoms with van der Waals surface area (Å²) in [5.74, 6) is 1.33. The first kappa shape index (κ1) is 14.6. The minimum Gasteiger partial charge on any atom is -0.491 e. The quantitative estimate of drug-likeness (QED) is 0.700. The first-order valence-corrected chi connectivity index (χ1v) is 7.12. The Kier molecular flexibility index (Phi) is 5.63. The summed E-state index contributed by atoms with van der Waals surface area (Å²) in [6.45, 7) is 3.40. The zero-order chi connectivity index (χ0) is 14.2. The number of benzene rings is 2. The van der Waals surface area contributed by atoms with Crippen LogP contribution < -0.4 is 4.74 Å². The highest BCUT2D eigenvalue weighted by molar-refractivity contribution is 5.42. The Hall–Kier alpha value is -1.80. The molecule has 1 atom stereocenters. The average molecular weight is 270 g/mol. The lowest BCUT2D eigenvalue weighted by molar-refractivity contribution is 0.145. The van der Waals surface area contributed by atoms with E-state index < -0.39 is 0 Å². The Morgan fingerprint density at radius 1 is 0.900 bits per heavy atom. The van der Waals surface area contributed by atoms with Crippen molar-refractivity contribution in [2.45, 2.75) is 19.3 Å². The smallest absolute Gasteiger partial charge is 0.123 e. The Morgan fingerprint density at radius 2 is 1.60 bits per heavy atom. The summed E-state index contributed by atoms with van der Waals surface area (Å²) in [7, 11) is 1.69. The third-order valence-electron chi connectivity index (χ3n) is 3.45. The topological polar surface area (TPSA) is 18.5 Å². The average Bonchev–Trinajstić information content (AvgIpc) is 2.51. The van der Waals surface area contributed by atoms with E-state index in [1.807, 2.05) is 12.1 Å². The second-order valence-corrected chi connectivity index (χ2v) is 4.75. The van der Waals surface area contributed by atoms with Gasteiger partial charge in [-0.1, -0.05) is 55.5 Å². The van der Waals surface area contributed by atoms with Gasteiger partial charge in [-0.25, -0.2) is 0 Å². The Balaban J connectivity index is 2.25. The van der Waals surface area contributed by atoms with E-state index in [4.69, 9.17) is 9.47 Å². The van der Waals surface area contributed by atoms with E-state index in [1.54, 1.807) is 7.11 Å². The van der Waals surface area contributed by atoms with Crippen LogP contribution in [0.25, 0.3) is 0 Å². The Labute approximate surface area is 121 Å². The molecule has 0 N–H and O–H groups in total. The summed E-state index contributed by atoms with van der Waals surface area (Å²) in [6.07, 6.45) is 1.05. The summed E-state index contributed by atoms with van der Waals surface area (Å²) in [5, 5.41) is 0. The van der Waals surface area contributed by atoms with Crippen LogP contribution in [0.2, 0.25) is 0 Å². The summed E-state index contributed by atoms with van der Waals surface area (Å²) in [4.78, 5) is 0. The van der Waals surface area contributed by atoms with Crippen LogP contribution in [0.1, 0.15) is 30.4 Å². The maximum Gasteiger partial charge on any atom is 0.123 e. The minimum atomic E-state index is 0.370. The number of hydrogen-bond acceptors (Lipinski definition) is 2. The third kappa shape index (κ3) is 3.61. The van der Waals surface area contributed by atoms with Gasteiger partial charge in [0.05, 0.1) is 6.61 Å². The van der Waals surface area contributed by atoms with Gasteiger partial charge < -0.3 is 9.47 Å². The maximum absolute atomic E-state index is 5.86. The molecule has 0 aliphatic rings. The van der Waals surface area contributed by atoms with Gasteiger partial charge in [0.15, 0.2) is 0 Å². The van der Waals surface area contributed by atoms with Gasteiger partial charge in [-0.3, -0.25) is 0 Å². The van der Waals surface area contributed by atoms with E-state index in [1.165, 1.54) is 11.1 Å². The molecule has 2 aromatic carbocycles. The number of ether oxygens (including phenoxy) is 2. The second kappa shape index (κ2) is 7.71. The predicted octanol–water partition coefficient (Wildman–Crippen LogP) is 4.25. The first-order chi connectivity index (χ1) is 9.86. The van der Waals surface area contributed by atoms with Gasteiger partial charge in [0.25, 0.3) is 0 Å². The standard InChI is InChI=1S/C18H22O2/c1-3-16(15-9-5-4-6-10-15)17-11-7-8-12-18(17)20-14-13-19-2/h4-12,16H,3,13-14H2,1-2H3/t16-/m1/s1. The lowest BCUT2D eigenvalue weighted by atomic mass is 9.88. The van der Waals surface area contributed by atoms with Crippen molar-refractivity contribution in [3.8, 4) is 5.75 Å². The van der Waals surface area contributed by atoms with Crippen molar-refractivity contribution in [3.05, 3.63) is 65.7 Å². The fourth-order valence-electron chi connectivity index (χ4n) is 2.46. The van der Waals surface area contributed by atoms with Crippen LogP contribution in [0, 0.1) is 0 Å². The zero-order valence-electron chi connectivity index (χ0n) is 12.2. The van der Waals surface area contributed by atoms with Gasteiger partial charge in [0.2, 0.25) is 0 Å².